The monoisotopic (exact) mass is 360 g/mol. The van der Waals surface area contributed by atoms with Crippen LogP contribution in [0, 0.1) is 13.8 Å². The third kappa shape index (κ3) is 5.69. The summed E-state index contributed by atoms with van der Waals surface area (Å²) in [7, 11) is 3.66. The van der Waals surface area contributed by atoms with Gasteiger partial charge in [-0.15, -0.1) is 11.3 Å². The van der Waals surface area contributed by atoms with E-state index in [0.29, 0.717) is 6.54 Å². The fourth-order valence-electron chi connectivity index (χ4n) is 2.66. The minimum absolute atomic E-state index is 0.0364. The first-order valence-corrected chi connectivity index (χ1v) is 9.18. The van der Waals surface area contributed by atoms with Crippen LogP contribution < -0.4 is 10.2 Å². The number of likely N-dealkylation sites (N-methyl/N-ethyl adjacent to an activating group) is 2. The standard InChI is InChI=1S/C19H25N3O2S/c1-14-7-5-8-15(2)19(14)20-17(23)12-22(4)18(24)13-21(3)11-16-9-6-10-25-16/h5-10H,11-13H2,1-4H3,(H,20,23)/p+1. The number of carbonyl (C=O) groups is 2. The van der Waals surface area contributed by atoms with E-state index < -0.39 is 0 Å². The molecule has 2 N–H and O–H groups in total. The molecule has 1 heterocycles. The van der Waals surface area contributed by atoms with Gasteiger partial charge >= 0.3 is 0 Å². The molecule has 2 aromatic rings. The zero-order valence-corrected chi connectivity index (χ0v) is 16.1. The van der Waals surface area contributed by atoms with Crippen molar-refractivity contribution in [3.63, 3.8) is 0 Å². The second-order valence-corrected chi connectivity index (χ2v) is 7.49. The van der Waals surface area contributed by atoms with Crippen molar-refractivity contribution in [2.75, 3.05) is 32.5 Å². The van der Waals surface area contributed by atoms with Crippen LogP contribution in [-0.4, -0.2) is 43.9 Å². The molecule has 0 radical (unpaired) electrons. The van der Waals surface area contributed by atoms with Crippen LogP contribution >= 0.6 is 11.3 Å². The lowest BCUT2D eigenvalue weighted by Gasteiger charge is -2.20. The lowest BCUT2D eigenvalue weighted by atomic mass is 10.1. The minimum Gasteiger partial charge on any atom is -0.332 e. The number of anilines is 1. The van der Waals surface area contributed by atoms with E-state index in [0.717, 1.165) is 28.3 Å². The number of rotatable bonds is 7. The number of nitrogens with zero attached hydrogens (tertiary/aromatic N) is 1. The van der Waals surface area contributed by atoms with E-state index in [4.69, 9.17) is 0 Å². The van der Waals surface area contributed by atoms with Crippen LogP contribution in [0.1, 0.15) is 16.0 Å². The van der Waals surface area contributed by atoms with Crippen LogP contribution in [0.2, 0.25) is 0 Å². The molecule has 2 amide bonds. The maximum Gasteiger partial charge on any atom is 0.277 e. The Morgan fingerprint density at radius 3 is 2.44 bits per heavy atom. The average Bonchev–Trinajstić information content (AvgIpc) is 3.03. The molecule has 0 aliphatic rings. The molecule has 25 heavy (non-hydrogen) atoms. The van der Waals surface area contributed by atoms with E-state index in [-0.39, 0.29) is 18.4 Å². The maximum absolute atomic E-state index is 12.3. The molecule has 1 unspecified atom stereocenters. The number of nitrogens with one attached hydrogen (secondary N) is 2. The highest BCUT2D eigenvalue weighted by Gasteiger charge is 2.18. The Labute approximate surface area is 153 Å². The Kier molecular flexibility index (Phi) is 6.73. The van der Waals surface area contributed by atoms with Gasteiger partial charge in [-0.2, -0.15) is 0 Å². The summed E-state index contributed by atoms with van der Waals surface area (Å²) in [6.45, 7) is 5.15. The fraction of sp³-hybridized carbons (Fsp3) is 0.368. The molecular formula is C19H26N3O2S+. The number of amides is 2. The van der Waals surface area contributed by atoms with Crippen molar-refractivity contribution in [1.29, 1.82) is 0 Å². The Morgan fingerprint density at radius 2 is 1.84 bits per heavy atom. The normalized spacial score (nSPS) is 11.8. The highest BCUT2D eigenvalue weighted by atomic mass is 32.1. The van der Waals surface area contributed by atoms with E-state index >= 15 is 0 Å². The van der Waals surface area contributed by atoms with Gasteiger partial charge in [-0.3, -0.25) is 9.59 Å². The molecule has 0 saturated heterocycles. The fourth-order valence-corrected chi connectivity index (χ4v) is 3.48. The van der Waals surface area contributed by atoms with Gasteiger partial charge in [0.2, 0.25) is 5.91 Å². The van der Waals surface area contributed by atoms with Crippen molar-refractivity contribution < 1.29 is 14.5 Å². The van der Waals surface area contributed by atoms with Gasteiger partial charge in [-0.05, 0) is 36.4 Å². The smallest absolute Gasteiger partial charge is 0.277 e. The molecule has 5 nitrogen and oxygen atoms in total. The zero-order chi connectivity index (χ0) is 18.4. The number of aryl methyl sites for hydroxylation is 2. The molecule has 6 heteroatoms. The Balaban J connectivity index is 1.84. The Morgan fingerprint density at radius 1 is 1.16 bits per heavy atom. The third-order valence-corrected chi connectivity index (χ3v) is 4.94. The van der Waals surface area contributed by atoms with Gasteiger partial charge in [-0.1, -0.05) is 24.3 Å². The SMILES string of the molecule is Cc1cccc(C)c1NC(=O)CN(C)C(=O)C[NH+](C)Cc1cccs1. The van der Waals surface area contributed by atoms with Gasteiger partial charge in [0.25, 0.3) is 5.91 Å². The Bertz CT molecular complexity index is 708. The third-order valence-electron chi connectivity index (χ3n) is 4.06. The number of thiophene rings is 1. The molecule has 0 bridgehead atoms. The van der Waals surface area contributed by atoms with E-state index in [2.05, 4.69) is 11.4 Å². The second-order valence-electron chi connectivity index (χ2n) is 6.45. The number of carbonyl (C=O) groups excluding carboxylic acids is 2. The minimum atomic E-state index is -0.177. The van der Waals surface area contributed by atoms with Crippen molar-refractivity contribution in [2.24, 2.45) is 0 Å². The van der Waals surface area contributed by atoms with Gasteiger partial charge in [0.15, 0.2) is 6.54 Å². The van der Waals surface area contributed by atoms with Crippen LogP contribution in [0.3, 0.4) is 0 Å². The van der Waals surface area contributed by atoms with E-state index in [1.54, 1.807) is 18.4 Å². The van der Waals surface area contributed by atoms with E-state index in [9.17, 15) is 9.59 Å². The summed E-state index contributed by atoms with van der Waals surface area (Å²) < 4.78 is 0. The van der Waals surface area contributed by atoms with Gasteiger partial charge < -0.3 is 15.1 Å². The molecule has 2 rings (SSSR count). The first-order valence-electron chi connectivity index (χ1n) is 8.30. The summed E-state index contributed by atoms with van der Waals surface area (Å²) in [5, 5.41) is 4.95. The second kappa shape index (κ2) is 8.78. The van der Waals surface area contributed by atoms with E-state index in [1.807, 2.05) is 50.5 Å². The molecule has 1 aromatic heterocycles. The molecule has 0 spiro atoms. The maximum atomic E-state index is 12.3. The van der Waals surface area contributed by atoms with E-state index in [1.165, 1.54) is 9.78 Å². The number of hydrogen-bond donors (Lipinski definition) is 2. The molecule has 1 atom stereocenters. The lowest BCUT2D eigenvalue weighted by molar-refractivity contribution is -0.885. The molecule has 0 saturated carbocycles. The zero-order valence-electron chi connectivity index (χ0n) is 15.3. The van der Waals surface area contributed by atoms with Crippen LogP contribution in [0.5, 0.6) is 0 Å². The summed E-state index contributed by atoms with van der Waals surface area (Å²) in [4.78, 5) is 28.4. The van der Waals surface area contributed by atoms with Crippen LogP contribution in [0.4, 0.5) is 5.69 Å². The molecule has 0 aliphatic carbocycles. The molecule has 0 fully saturated rings. The summed E-state index contributed by atoms with van der Waals surface area (Å²) in [6, 6.07) is 9.96. The summed E-state index contributed by atoms with van der Waals surface area (Å²) in [5.74, 6) is -0.213. The summed E-state index contributed by atoms with van der Waals surface area (Å²) >= 11 is 1.69. The predicted molar refractivity (Wildman–Crippen MR) is 102 cm³/mol. The highest BCUT2D eigenvalue weighted by molar-refractivity contribution is 7.09. The van der Waals surface area contributed by atoms with Crippen molar-refractivity contribution >= 4 is 28.8 Å². The van der Waals surface area contributed by atoms with Crippen molar-refractivity contribution in [1.82, 2.24) is 4.90 Å². The topological polar surface area (TPSA) is 53.9 Å². The van der Waals surface area contributed by atoms with Crippen LogP contribution in [0.25, 0.3) is 0 Å². The summed E-state index contributed by atoms with van der Waals surface area (Å²) in [5.41, 5.74) is 2.86. The Hall–Kier alpha value is -2.18. The molecule has 1 aromatic carbocycles. The first-order chi connectivity index (χ1) is 11.9. The number of para-hydroxylation sites is 1. The number of quaternary nitrogens is 1. The first kappa shape index (κ1) is 19.1. The molecule has 134 valence electrons. The van der Waals surface area contributed by atoms with Gasteiger partial charge in [0.05, 0.1) is 18.5 Å². The largest absolute Gasteiger partial charge is 0.332 e. The van der Waals surface area contributed by atoms with Gasteiger partial charge in [-0.25, -0.2) is 0 Å². The number of hydrogen-bond acceptors (Lipinski definition) is 3. The molecular weight excluding hydrogens is 334 g/mol. The van der Waals surface area contributed by atoms with Crippen LogP contribution in [-0.2, 0) is 16.1 Å². The van der Waals surface area contributed by atoms with Crippen LogP contribution in [0.15, 0.2) is 35.7 Å². The summed E-state index contributed by atoms with van der Waals surface area (Å²) in [6.07, 6.45) is 0. The quantitative estimate of drug-likeness (QED) is 0.786. The number of benzene rings is 1. The van der Waals surface area contributed by atoms with Crippen molar-refractivity contribution in [3.8, 4) is 0 Å². The van der Waals surface area contributed by atoms with Crippen molar-refractivity contribution in [3.05, 3.63) is 51.7 Å². The molecule has 0 aliphatic heterocycles. The van der Waals surface area contributed by atoms with Gasteiger partial charge in [0.1, 0.15) is 6.54 Å². The average molecular weight is 361 g/mol. The highest BCUT2D eigenvalue weighted by Crippen LogP contribution is 2.19. The lowest BCUT2D eigenvalue weighted by Crippen LogP contribution is -3.08. The van der Waals surface area contributed by atoms with Crippen molar-refractivity contribution in [2.45, 2.75) is 20.4 Å². The predicted octanol–water partition coefficient (Wildman–Crippen LogP) is 1.48. The van der Waals surface area contributed by atoms with Gasteiger partial charge in [0, 0.05) is 12.7 Å².